The molecule has 2 fully saturated rings. The van der Waals surface area contributed by atoms with Crippen LogP contribution in [0.3, 0.4) is 0 Å². The second-order valence-corrected chi connectivity index (χ2v) is 9.56. The standard InChI is InChI=1S/C22H28N10O8/c1-11-7-31(17-5-13(25-27-23)15(9-33)39-17)21(37)29(19(11)35)3-4-30-20(36)12(2)8-32(22(30)38)18-6-14(26-28-24)16(10-34)40-18/h7-8,13-18,33-34H,3-6,9-10H2,1-2H3/t13-,14+,15+,16-,17+,18-. The van der Waals surface area contributed by atoms with Gasteiger partial charge in [0.05, 0.1) is 37.5 Å². The summed E-state index contributed by atoms with van der Waals surface area (Å²) in [5, 5.41) is 26.3. The molecule has 0 bridgehead atoms. The maximum absolute atomic E-state index is 13.3. The van der Waals surface area contributed by atoms with E-state index in [1.165, 1.54) is 26.2 Å². The first-order chi connectivity index (χ1) is 19.1. The Morgan fingerprint density at radius 2 is 1.18 bits per heavy atom. The molecular weight excluding hydrogens is 532 g/mol. The molecule has 2 N–H and O–H groups in total. The SMILES string of the molecule is Cc1cn([C@@H]2C[C@@H](N=[N+]=[N-])[C@H](CO)O2)c(=O)n(CCn2c(=O)c(C)cn([C@H]3C[C@H](N=[N+]=[N-])[C@@H](CO)O3)c2=O)c1=O. The highest BCUT2D eigenvalue weighted by molar-refractivity contribution is 5.06. The van der Waals surface area contributed by atoms with Crippen LogP contribution in [0, 0.1) is 13.8 Å². The third-order valence-corrected chi connectivity index (χ3v) is 7.07. The van der Waals surface area contributed by atoms with Crippen LogP contribution >= 0.6 is 0 Å². The first-order valence-corrected chi connectivity index (χ1v) is 12.4. The molecule has 0 unspecified atom stereocenters. The number of nitrogens with zero attached hydrogens (tertiary/aromatic N) is 10. The molecule has 0 saturated carbocycles. The molecule has 4 heterocycles. The Bertz CT molecular complexity index is 1490. The largest absolute Gasteiger partial charge is 0.394 e. The van der Waals surface area contributed by atoms with Crippen LogP contribution in [0.15, 0.2) is 41.8 Å². The van der Waals surface area contributed by atoms with E-state index in [1.807, 2.05) is 0 Å². The topological polar surface area (TPSA) is 244 Å². The van der Waals surface area contributed by atoms with Gasteiger partial charge < -0.3 is 19.7 Å². The number of ether oxygens (including phenoxy) is 2. The minimum atomic E-state index is -0.923. The lowest BCUT2D eigenvalue weighted by atomic mass is 10.1. The molecule has 0 aliphatic carbocycles. The zero-order valence-corrected chi connectivity index (χ0v) is 21.7. The summed E-state index contributed by atoms with van der Waals surface area (Å²) < 4.78 is 15.4. The predicted molar refractivity (Wildman–Crippen MR) is 136 cm³/mol. The van der Waals surface area contributed by atoms with E-state index in [0.717, 1.165) is 18.3 Å². The molecule has 2 aliphatic rings. The fourth-order valence-corrected chi connectivity index (χ4v) is 5.00. The lowest BCUT2D eigenvalue weighted by molar-refractivity contribution is -0.0281. The van der Waals surface area contributed by atoms with Crippen molar-refractivity contribution in [3.8, 4) is 0 Å². The summed E-state index contributed by atoms with van der Waals surface area (Å²) >= 11 is 0. The Morgan fingerprint density at radius 3 is 1.50 bits per heavy atom. The zero-order valence-electron chi connectivity index (χ0n) is 21.7. The lowest BCUT2D eigenvalue weighted by Crippen LogP contribution is -2.46. The summed E-state index contributed by atoms with van der Waals surface area (Å²) in [6.45, 7) is 1.42. The zero-order chi connectivity index (χ0) is 29.1. The highest BCUT2D eigenvalue weighted by atomic mass is 16.5. The molecule has 18 heteroatoms. The Labute approximate surface area is 224 Å². The summed E-state index contributed by atoms with van der Waals surface area (Å²) in [5.41, 5.74) is 15.1. The monoisotopic (exact) mass is 560 g/mol. The van der Waals surface area contributed by atoms with E-state index in [1.54, 1.807) is 0 Å². The molecule has 2 aromatic rings. The molecule has 4 rings (SSSR count). The van der Waals surface area contributed by atoms with E-state index >= 15 is 0 Å². The van der Waals surface area contributed by atoms with Crippen molar-refractivity contribution >= 4 is 0 Å². The van der Waals surface area contributed by atoms with Gasteiger partial charge in [0.15, 0.2) is 0 Å². The first kappa shape index (κ1) is 28.8. The van der Waals surface area contributed by atoms with Crippen LogP contribution in [0.25, 0.3) is 20.9 Å². The van der Waals surface area contributed by atoms with Gasteiger partial charge in [0.1, 0.15) is 12.5 Å². The number of azide groups is 2. The summed E-state index contributed by atoms with van der Waals surface area (Å²) in [5.74, 6) is 0. The Morgan fingerprint density at radius 1 is 0.800 bits per heavy atom. The average Bonchev–Trinajstić information content (AvgIpc) is 3.54. The van der Waals surface area contributed by atoms with Gasteiger partial charge in [-0.1, -0.05) is 10.2 Å². The third kappa shape index (κ3) is 5.31. The van der Waals surface area contributed by atoms with Crippen LogP contribution in [0.1, 0.15) is 36.4 Å². The van der Waals surface area contributed by atoms with Gasteiger partial charge in [-0.05, 0) is 24.9 Å². The van der Waals surface area contributed by atoms with Gasteiger partial charge in [0.25, 0.3) is 11.1 Å². The van der Waals surface area contributed by atoms with E-state index < -0.39 is 72.5 Å². The molecule has 40 heavy (non-hydrogen) atoms. The van der Waals surface area contributed by atoms with E-state index in [0.29, 0.717) is 0 Å². The second kappa shape index (κ2) is 11.9. The fourth-order valence-electron chi connectivity index (χ4n) is 5.00. The van der Waals surface area contributed by atoms with Crippen LogP contribution in [0.2, 0.25) is 0 Å². The molecule has 2 aliphatic heterocycles. The lowest BCUT2D eigenvalue weighted by Gasteiger charge is -2.19. The third-order valence-electron chi connectivity index (χ3n) is 7.07. The van der Waals surface area contributed by atoms with Crippen LogP contribution < -0.4 is 22.5 Å². The van der Waals surface area contributed by atoms with Crippen molar-refractivity contribution in [2.45, 2.75) is 76.5 Å². The molecule has 2 aromatic heterocycles. The highest BCUT2D eigenvalue weighted by Crippen LogP contribution is 2.31. The second-order valence-electron chi connectivity index (χ2n) is 9.56. The molecule has 0 spiro atoms. The number of aliphatic hydroxyl groups excluding tert-OH is 2. The number of rotatable bonds is 9. The molecule has 0 radical (unpaired) electrons. The molecule has 0 aromatic carbocycles. The molecule has 18 nitrogen and oxygen atoms in total. The molecule has 214 valence electrons. The Kier molecular flexibility index (Phi) is 8.58. The summed E-state index contributed by atoms with van der Waals surface area (Å²) in [4.78, 5) is 57.9. The van der Waals surface area contributed by atoms with Gasteiger partial charge in [-0.15, -0.1) is 0 Å². The quantitative estimate of drug-likeness (QED) is 0.231. The van der Waals surface area contributed by atoms with E-state index in [-0.39, 0.29) is 37.1 Å². The van der Waals surface area contributed by atoms with E-state index in [4.69, 9.17) is 20.5 Å². The number of aliphatic hydroxyl groups is 2. The van der Waals surface area contributed by atoms with Crippen molar-refractivity contribution in [2.75, 3.05) is 13.2 Å². The van der Waals surface area contributed by atoms with Crippen molar-refractivity contribution in [3.63, 3.8) is 0 Å². The number of hydrogen-bond donors (Lipinski definition) is 2. The summed E-state index contributed by atoms with van der Waals surface area (Å²) in [6, 6.07) is -1.45. The molecule has 0 amide bonds. The van der Waals surface area contributed by atoms with Crippen LogP contribution in [0.4, 0.5) is 0 Å². The van der Waals surface area contributed by atoms with Gasteiger partial charge >= 0.3 is 11.4 Å². The fraction of sp³-hybridized carbons (Fsp3) is 0.636. The van der Waals surface area contributed by atoms with Crippen molar-refractivity contribution in [3.05, 3.63) is 86.1 Å². The van der Waals surface area contributed by atoms with Gasteiger partial charge in [-0.2, -0.15) is 0 Å². The summed E-state index contributed by atoms with van der Waals surface area (Å²) in [6.07, 6.45) is -0.734. The molecular formula is C22H28N10O8. The first-order valence-electron chi connectivity index (χ1n) is 12.4. The Balaban J connectivity index is 1.66. The average molecular weight is 561 g/mol. The molecule has 2 saturated heterocycles. The van der Waals surface area contributed by atoms with E-state index in [2.05, 4.69) is 20.1 Å². The van der Waals surface area contributed by atoms with Crippen molar-refractivity contribution in [1.82, 2.24) is 18.3 Å². The van der Waals surface area contributed by atoms with Crippen molar-refractivity contribution in [2.24, 2.45) is 10.2 Å². The Hall–Kier alpha value is -4.18. The van der Waals surface area contributed by atoms with Gasteiger partial charge in [0, 0.05) is 59.3 Å². The number of hydrogen-bond acceptors (Lipinski definition) is 10. The van der Waals surface area contributed by atoms with E-state index in [9.17, 15) is 29.4 Å². The van der Waals surface area contributed by atoms with Crippen LogP contribution in [0.5, 0.6) is 0 Å². The van der Waals surface area contributed by atoms with Gasteiger partial charge in [-0.25, -0.2) is 9.59 Å². The van der Waals surface area contributed by atoms with Crippen molar-refractivity contribution in [1.29, 1.82) is 0 Å². The summed E-state index contributed by atoms with van der Waals surface area (Å²) in [7, 11) is 0. The number of aromatic nitrogens is 4. The number of aryl methyl sites for hydroxylation is 2. The maximum Gasteiger partial charge on any atom is 0.333 e. The van der Waals surface area contributed by atoms with Gasteiger partial charge in [0.2, 0.25) is 0 Å². The minimum absolute atomic E-state index is 0.0853. The smallest absolute Gasteiger partial charge is 0.333 e. The molecule has 6 atom stereocenters. The normalized spacial score (nSPS) is 25.9. The highest BCUT2D eigenvalue weighted by Gasteiger charge is 2.37. The van der Waals surface area contributed by atoms with Crippen LogP contribution in [-0.2, 0) is 22.6 Å². The predicted octanol–water partition coefficient (Wildman–Crippen LogP) is -0.432. The van der Waals surface area contributed by atoms with Crippen LogP contribution in [-0.4, -0.2) is 66.0 Å². The minimum Gasteiger partial charge on any atom is -0.394 e. The van der Waals surface area contributed by atoms with Gasteiger partial charge in [-0.3, -0.25) is 27.9 Å². The maximum atomic E-state index is 13.3. The van der Waals surface area contributed by atoms with Crippen molar-refractivity contribution < 1.29 is 19.7 Å².